The van der Waals surface area contributed by atoms with Gasteiger partial charge in [-0.2, -0.15) is 0 Å². The molecule has 2 aromatic rings. The minimum Gasteiger partial charge on any atom is -0.478 e. The first kappa shape index (κ1) is 21.3. The molecule has 28 heavy (non-hydrogen) atoms. The summed E-state index contributed by atoms with van der Waals surface area (Å²) in [5, 5.41) is 27.9. The zero-order valence-corrected chi connectivity index (χ0v) is 17.6. The third-order valence-corrected chi connectivity index (χ3v) is 5.85. The predicted octanol–water partition coefficient (Wildman–Crippen LogP) is 5.97. The van der Waals surface area contributed by atoms with Crippen molar-refractivity contribution in [3.8, 4) is 0 Å². The Morgan fingerprint density at radius 3 is 0.893 bits per heavy atom. The Bertz CT molecular complexity index is 908. The first-order valence-corrected chi connectivity index (χ1v) is 9.00. The van der Waals surface area contributed by atoms with Gasteiger partial charge in [0.05, 0.1) is 22.5 Å². The lowest BCUT2D eigenvalue weighted by Gasteiger charge is -2.17. The first-order valence-electron chi connectivity index (χ1n) is 9.00. The van der Waals surface area contributed by atoms with E-state index < -0.39 is 11.9 Å². The number of hydrogen-bond acceptors (Lipinski definition) is 4. The number of nitrogens with zero attached hydrogens (tertiary/aromatic N) is 2. The summed E-state index contributed by atoms with van der Waals surface area (Å²) in [4.78, 5) is 23.2. The Hall–Kier alpha value is -3.02. The largest absolute Gasteiger partial charge is 0.478 e. The van der Waals surface area contributed by atoms with Gasteiger partial charge in [0.2, 0.25) is 0 Å². The summed E-state index contributed by atoms with van der Waals surface area (Å²) < 4.78 is 0. The van der Waals surface area contributed by atoms with Crippen molar-refractivity contribution in [1.82, 2.24) is 0 Å². The van der Waals surface area contributed by atoms with E-state index in [1.165, 1.54) is 0 Å². The number of carbonyl (C=O) groups is 2. The Morgan fingerprint density at radius 2 is 0.714 bits per heavy atom. The highest BCUT2D eigenvalue weighted by molar-refractivity contribution is 5.94. The van der Waals surface area contributed by atoms with Gasteiger partial charge in [-0.15, -0.1) is 10.2 Å². The summed E-state index contributed by atoms with van der Waals surface area (Å²) in [6, 6.07) is 0. The molecule has 0 atom stereocenters. The van der Waals surface area contributed by atoms with Crippen LogP contribution < -0.4 is 0 Å². The van der Waals surface area contributed by atoms with E-state index >= 15 is 0 Å². The molecule has 2 rings (SSSR count). The molecule has 0 spiro atoms. The lowest BCUT2D eigenvalue weighted by molar-refractivity contribution is 0.0684. The van der Waals surface area contributed by atoms with Gasteiger partial charge in [-0.1, -0.05) is 0 Å². The molecule has 0 saturated heterocycles. The van der Waals surface area contributed by atoms with Crippen LogP contribution in [0.1, 0.15) is 65.2 Å². The summed E-state index contributed by atoms with van der Waals surface area (Å²) >= 11 is 0. The third kappa shape index (κ3) is 3.30. The standard InChI is InChI=1S/C22H26N2O4/c1-9-13(5)19(14(6)10(2)17(9)21(25)26)23-24-20-15(7)11(3)18(22(27)28)12(4)16(20)8/h1-8H3,(H,25,26)(H,27,28)/b24-23+. The van der Waals surface area contributed by atoms with Crippen LogP contribution >= 0.6 is 0 Å². The minimum atomic E-state index is -0.952. The zero-order valence-electron chi connectivity index (χ0n) is 17.6. The maximum atomic E-state index is 11.6. The average molecular weight is 382 g/mol. The van der Waals surface area contributed by atoms with Gasteiger partial charge in [-0.05, 0) is 99.9 Å². The molecule has 6 heteroatoms. The minimum absolute atomic E-state index is 0.304. The zero-order chi connectivity index (χ0) is 21.5. The van der Waals surface area contributed by atoms with E-state index in [0.29, 0.717) is 44.8 Å². The van der Waals surface area contributed by atoms with E-state index in [4.69, 9.17) is 0 Å². The van der Waals surface area contributed by atoms with Gasteiger partial charge in [-0.25, -0.2) is 9.59 Å². The van der Waals surface area contributed by atoms with E-state index in [-0.39, 0.29) is 0 Å². The van der Waals surface area contributed by atoms with Crippen LogP contribution in [0.3, 0.4) is 0 Å². The number of carboxylic acids is 2. The molecule has 0 aliphatic heterocycles. The van der Waals surface area contributed by atoms with Crippen LogP contribution in [0.5, 0.6) is 0 Å². The topological polar surface area (TPSA) is 99.3 Å². The highest BCUT2D eigenvalue weighted by atomic mass is 16.4. The van der Waals surface area contributed by atoms with Crippen LogP contribution in [0.4, 0.5) is 11.4 Å². The lowest BCUT2D eigenvalue weighted by Crippen LogP contribution is -2.07. The number of benzene rings is 2. The van der Waals surface area contributed by atoms with Crippen molar-refractivity contribution in [3.63, 3.8) is 0 Å². The number of rotatable bonds is 4. The van der Waals surface area contributed by atoms with E-state index in [9.17, 15) is 19.8 Å². The average Bonchev–Trinajstić information content (AvgIpc) is 2.60. The molecule has 0 bridgehead atoms. The number of aromatic carboxylic acids is 2. The molecule has 0 fully saturated rings. The van der Waals surface area contributed by atoms with Crippen LogP contribution in [0.25, 0.3) is 0 Å². The normalized spacial score (nSPS) is 11.3. The smallest absolute Gasteiger partial charge is 0.336 e. The quantitative estimate of drug-likeness (QED) is 0.637. The maximum absolute atomic E-state index is 11.6. The Kier molecular flexibility index (Phi) is 5.73. The van der Waals surface area contributed by atoms with E-state index in [2.05, 4.69) is 10.2 Å². The van der Waals surface area contributed by atoms with Gasteiger partial charge in [0.1, 0.15) is 0 Å². The fourth-order valence-corrected chi connectivity index (χ4v) is 3.63. The monoisotopic (exact) mass is 382 g/mol. The summed E-state index contributed by atoms with van der Waals surface area (Å²) in [5.74, 6) is -1.90. The van der Waals surface area contributed by atoms with Crippen LogP contribution in [-0.2, 0) is 0 Å². The molecule has 2 aromatic carbocycles. The van der Waals surface area contributed by atoms with Gasteiger partial charge in [-0.3, -0.25) is 0 Å². The second-order valence-electron chi connectivity index (χ2n) is 7.26. The molecule has 148 valence electrons. The van der Waals surface area contributed by atoms with Crippen molar-refractivity contribution in [1.29, 1.82) is 0 Å². The third-order valence-electron chi connectivity index (χ3n) is 5.85. The molecule has 0 aliphatic rings. The summed E-state index contributed by atoms with van der Waals surface area (Å²) in [7, 11) is 0. The summed E-state index contributed by atoms with van der Waals surface area (Å²) in [6.07, 6.45) is 0. The van der Waals surface area contributed by atoms with Crippen LogP contribution in [0.2, 0.25) is 0 Å². The number of hydrogen-bond donors (Lipinski definition) is 2. The van der Waals surface area contributed by atoms with Crippen LogP contribution in [0.15, 0.2) is 10.2 Å². The molecule has 0 amide bonds. The van der Waals surface area contributed by atoms with Gasteiger partial charge in [0, 0.05) is 0 Å². The fraction of sp³-hybridized carbons (Fsp3) is 0.364. The van der Waals surface area contributed by atoms with Crippen molar-refractivity contribution >= 4 is 23.3 Å². The first-order chi connectivity index (χ1) is 12.9. The molecule has 0 aromatic heterocycles. The van der Waals surface area contributed by atoms with Gasteiger partial charge in [0.25, 0.3) is 0 Å². The van der Waals surface area contributed by atoms with Crippen molar-refractivity contribution in [2.75, 3.05) is 0 Å². The molecule has 0 radical (unpaired) electrons. The van der Waals surface area contributed by atoms with Crippen molar-refractivity contribution in [3.05, 3.63) is 55.6 Å². The van der Waals surface area contributed by atoms with Gasteiger partial charge < -0.3 is 10.2 Å². The van der Waals surface area contributed by atoms with Crippen molar-refractivity contribution in [2.45, 2.75) is 55.4 Å². The maximum Gasteiger partial charge on any atom is 0.336 e. The molecule has 0 unspecified atom stereocenters. The molecule has 0 saturated carbocycles. The van der Waals surface area contributed by atoms with Crippen LogP contribution in [0, 0.1) is 55.4 Å². The highest BCUT2D eigenvalue weighted by Gasteiger charge is 2.21. The van der Waals surface area contributed by atoms with E-state index in [1.54, 1.807) is 27.7 Å². The Labute approximate surface area is 164 Å². The lowest BCUT2D eigenvalue weighted by atomic mass is 9.92. The SMILES string of the molecule is Cc1c(C)c(C(=O)O)c(C)c(C)c1/N=N/c1c(C)c(C)c(C(=O)O)c(C)c1C. The number of azo groups is 1. The predicted molar refractivity (Wildman–Crippen MR) is 109 cm³/mol. The molecular formula is C22H26N2O4. The van der Waals surface area contributed by atoms with Crippen molar-refractivity contribution in [2.24, 2.45) is 10.2 Å². The highest BCUT2D eigenvalue weighted by Crippen LogP contribution is 2.37. The van der Waals surface area contributed by atoms with E-state index in [0.717, 1.165) is 22.3 Å². The van der Waals surface area contributed by atoms with Gasteiger partial charge in [0.15, 0.2) is 0 Å². The fourth-order valence-electron chi connectivity index (χ4n) is 3.63. The molecule has 0 heterocycles. The second-order valence-corrected chi connectivity index (χ2v) is 7.26. The molecule has 2 N–H and O–H groups in total. The molecule has 6 nitrogen and oxygen atoms in total. The number of carboxylic acid groups (broad SMARTS) is 2. The summed E-state index contributed by atoms with van der Waals surface area (Å²) in [6.45, 7) is 14.5. The Balaban J connectivity index is 2.72. The van der Waals surface area contributed by atoms with E-state index in [1.807, 2.05) is 27.7 Å². The van der Waals surface area contributed by atoms with Crippen LogP contribution in [-0.4, -0.2) is 22.2 Å². The van der Waals surface area contributed by atoms with Gasteiger partial charge >= 0.3 is 11.9 Å². The second kappa shape index (κ2) is 7.54. The summed E-state index contributed by atoms with van der Waals surface area (Å²) in [5.41, 5.74) is 7.69. The molecule has 0 aliphatic carbocycles. The Morgan fingerprint density at radius 1 is 0.500 bits per heavy atom. The van der Waals surface area contributed by atoms with Crippen molar-refractivity contribution < 1.29 is 19.8 Å². The molecular weight excluding hydrogens is 356 g/mol.